The summed E-state index contributed by atoms with van der Waals surface area (Å²) in [5.74, 6) is 0. The zero-order valence-corrected chi connectivity index (χ0v) is 10.7. The van der Waals surface area contributed by atoms with Gasteiger partial charge in [-0.1, -0.05) is 6.07 Å². The maximum absolute atomic E-state index is 5.54. The molecule has 0 aliphatic carbocycles. The summed E-state index contributed by atoms with van der Waals surface area (Å²) in [6.45, 7) is 10.1. The molecule has 0 unspecified atom stereocenters. The largest absolute Gasteiger partial charge is 0.454 e. The molecule has 0 atom stereocenters. The predicted molar refractivity (Wildman–Crippen MR) is 66.2 cm³/mol. The van der Waals surface area contributed by atoms with E-state index >= 15 is 0 Å². The molecule has 1 saturated heterocycles. The Labute approximate surface area is 98.3 Å². The summed E-state index contributed by atoms with van der Waals surface area (Å²) in [6.07, 6.45) is 3.50. The number of hydrogen-bond acceptors (Lipinski definition) is 3. The van der Waals surface area contributed by atoms with Gasteiger partial charge >= 0.3 is 7.12 Å². The van der Waals surface area contributed by atoms with E-state index in [1.807, 2.05) is 25.0 Å². The fraction of sp³-hybridized carbons (Fsp3) is 0.583. The SMILES string of the molecule is CB1OC(C)(C)C(C)(C)O1.c1ccncc1. The lowest BCUT2D eigenvalue weighted by Gasteiger charge is -2.32. The van der Waals surface area contributed by atoms with Crippen LogP contribution in [0.2, 0.25) is 6.82 Å². The lowest BCUT2D eigenvalue weighted by atomic mass is 9.90. The number of nitrogens with zero attached hydrogens (tertiary/aromatic N) is 1. The fourth-order valence-corrected chi connectivity index (χ4v) is 1.45. The highest BCUT2D eigenvalue weighted by molar-refractivity contribution is 6.43. The average Bonchev–Trinajstić information content (AvgIpc) is 2.37. The molecule has 1 aliphatic rings. The molecule has 0 N–H and O–H groups in total. The van der Waals surface area contributed by atoms with Gasteiger partial charge in [-0.3, -0.25) is 4.98 Å². The van der Waals surface area contributed by atoms with Crippen molar-refractivity contribution in [3.63, 3.8) is 0 Å². The van der Waals surface area contributed by atoms with Crippen LogP contribution in [0, 0.1) is 0 Å². The number of hydrogen-bond donors (Lipinski definition) is 0. The van der Waals surface area contributed by atoms with Crippen molar-refractivity contribution in [1.29, 1.82) is 0 Å². The first-order valence-corrected chi connectivity index (χ1v) is 5.56. The second kappa shape index (κ2) is 4.98. The van der Waals surface area contributed by atoms with Gasteiger partial charge in [0.1, 0.15) is 0 Å². The highest BCUT2D eigenvalue weighted by atomic mass is 16.7. The zero-order valence-electron chi connectivity index (χ0n) is 10.7. The van der Waals surface area contributed by atoms with E-state index in [2.05, 4.69) is 32.7 Å². The van der Waals surface area contributed by atoms with E-state index in [-0.39, 0.29) is 18.3 Å². The Bertz CT molecular complexity index is 271. The fourth-order valence-electron chi connectivity index (χ4n) is 1.45. The first-order valence-electron chi connectivity index (χ1n) is 5.56. The van der Waals surface area contributed by atoms with Gasteiger partial charge in [-0.05, 0) is 46.7 Å². The highest BCUT2D eigenvalue weighted by Crippen LogP contribution is 2.36. The third-order valence-electron chi connectivity index (χ3n) is 2.94. The molecule has 2 heterocycles. The Morgan fingerprint density at radius 3 is 1.44 bits per heavy atom. The molecule has 3 nitrogen and oxygen atoms in total. The molecule has 0 aromatic carbocycles. The molecule has 2 rings (SSSR count). The molecule has 1 fully saturated rings. The molecule has 88 valence electrons. The maximum Gasteiger partial charge on any atom is 0.454 e. The average molecular weight is 221 g/mol. The molecule has 0 amide bonds. The van der Waals surface area contributed by atoms with E-state index < -0.39 is 0 Å². The minimum absolute atomic E-state index is 0.0648. The number of rotatable bonds is 0. The van der Waals surface area contributed by atoms with Crippen LogP contribution >= 0.6 is 0 Å². The second-order valence-corrected chi connectivity index (χ2v) is 4.85. The minimum Gasteiger partial charge on any atom is -0.403 e. The minimum atomic E-state index is -0.160. The summed E-state index contributed by atoms with van der Waals surface area (Å²) in [6, 6.07) is 5.72. The van der Waals surface area contributed by atoms with Gasteiger partial charge in [-0.15, -0.1) is 0 Å². The summed E-state index contributed by atoms with van der Waals surface area (Å²) in [4.78, 5) is 3.78. The van der Waals surface area contributed by atoms with E-state index in [4.69, 9.17) is 9.31 Å². The first-order chi connectivity index (χ1) is 7.35. The summed E-state index contributed by atoms with van der Waals surface area (Å²) < 4.78 is 11.1. The van der Waals surface area contributed by atoms with Crippen molar-refractivity contribution < 1.29 is 9.31 Å². The summed E-state index contributed by atoms with van der Waals surface area (Å²) >= 11 is 0. The molecule has 4 heteroatoms. The smallest absolute Gasteiger partial charge is 0.403 e. The highest BCUT2D eigenvalue weighted by Gasteiger charge is 2.48. The lowest BCUT2D eigenvalue weighted by molar-refractivity contribution is 0.00578. The molecule has 0 saturated carbocycles. The van der Waals surface area contributed by atoms with Crippen LogP contribution in [0.25, 0.3) is 0 Å². The summed E-state index contributed by atoms with van der Waals surface area (Å²) in [5.41, 5.74) is -0.321. The lowest BCUT2D eigenvalue weighted by Crippen LogP contribution is -2.41. The topological polar surface area (TPSA) is 31.4 Å². The summed E-state index contributed by atoms with van der Waals surface area (Å²) in [7, 11) is -0.0648. The van der Waals surface area contributed by atoms with Crippen molar-refractivity contribution in [3.05, 3.63) is 30.6 Å². The zero-order chi connectivity index (χ0) is 12.2. The Hall–Kier alpha value is -0.865. The Balaban J connectivity index is 0.000000181. The van der Waals surface area contributed by atoms with Crippen molar-refractivity contribution in [3.8, 4) is 0 Å². The van der Waals surface area contributed by atoms with Gasteiger partial charge < -0.3 is 9.31 Å². The maximum atomic E-state index is 5.54. The second-order valence-electron chi connectivity index (χ2n) is 4.85. The van der Waals surface area contributed by atoms with Gasteiger partial charge in [0.25, 0.3) is 0 Å². The van der Waals surface area contributed by atoms with E-state index in [0.717, 1.165) is 0 Å². The van der Waals surface area contributed by atoms with Gasteiger partial charge in [-0.25, -0.2) is 0 Å². The van der Waals surface area contributed by atoms with Gasteiger partial charge in [0.2, 0.25) is 0 Å². The third kappa shape index (κ3) is 3.32. The van der Waals surface area contributed by atoms with Gasteiger partial charge in [0, 0.05) is 12.4 Å². The Morgan fingerprint density at radius 1 is 0.875 bits per heavy atom. The van der Waals surface area contributed by atoms with Crippen LogP contribution in [0.5, 0.6) is 0 Å². The van der Waals surface area contributed by atoms with Crippen molar-refractivity contribution in [2.75, 3.05) is 0 Å². The van der Waals surface area contributed by atoms with E-state index in [1.165, 1.54) is 0 Å². The number of pyridine rings is 1. The normalized spacial score (nSPS) is 21.2. The van der Waals surface area contributed by atoms with Crippen LogP contribution < -0.4 is 0 Å². The molecule has 1 aromatic rings. The van der Waals surface area contributed by atoms with Crippen molar-refractivity contribution in [2.45, 2.75) is 45.7 Å². The van der Waals surface area contributed by atoms with E-state index in [1.54, 1.807) is 12.4 Å². The van der Waals surface area contributed by atoms with E-state index in [0.29, 0.717) is 0 Å². The van der Waals surface area contributed by atoms with Crippen LogP contribution in [0.15, 0.2) is 30.6 Å². The molecule has 1 aromatic heterocycles. The van der Waals surface area contributed by atoms with Gasteiger partial charge in [0.15, 0.2) is 0 Å². The quantitative estimate of drug-likeness (QED) is 0.631. The van der Waals surface area contributed by atoms with Crippen molar-refractivity contribution in [2.24, 2.45) is 0 Å². The Morgan fingerprint density at radius 2 is 1.31 bits per heavy atom. The molecule has 0 radical (unpaired) electrons. The monoisotopic (exact) mass is 221 g/mol. The van der Waals surface area contributed by atoms with Crippen LogP contribution in [0.3, 0.4) is 0 Å². The molecule has 0 spiro atoms. The van der Waals surface area contributed by atoms with Crippen LogP contribution in [-0.2, 0) is 9.31 Å². The van der Waals surface area contributed by atoms with Crippen molar-refractivity contribution in [1.82, 2.24) is 4.98 Å². The molecule has 1 aliphatic heterocycles. The molecule has 16 heavy (non-hydrogen) atoms. The standard InChI is InChI=1S/C7H15BO2.C5H5N/c1-6(2)7(3,4)10-8(5)9-6;1-2-4-6-5-3-1/h1-5H3;1-5H. The summed E-state index contributed by atoms with van der Waals surface area (Å²) in [5, 5.41) is 0. The van der Waals surface area contributed by atoms with Crippen LogP contribution in [0.1, 0.15) is 27.7 Å². The molecular formula is C12H20BNO2. The van der Waals surface area contributed by atoms with Crippen LogP contribution in [-0.4, -0.2) is 23.3 Å². The molecular weight excluding hydrogens is 201 g/mol. The van der Waals surface area contributed by atoms with Crippen LogP contribution in [0.4, 0.5) is 0 Å². The van der Waals surface area contributed by atoms with E-state index in [9.17, 15) is 0 Å². The van der Waals surface area contributed by atoms with Crippen molar-refractivity contribution >= 4 is 7.12 Å². The number of aromatic nitrogens is 1. The Kier molecular flexibility index (Phi) is 4.11. The molecule has 0 bridgehead atoms. The third-order valence-corrected chi connectivity index (χ3v) is 2.94. The van der Waals surface area contributed by atoms with Gasteiger partial charge in [0.05, 0.1) is 11.2 Å². The first kappa shape index (κ1) is 13.2. The predicted octanol–water partition coefficient (Wildman–Crippen LogP) is 2.79. The van der Waals surface area contributed by atoms with Gasteiger partial charge in [-0.2, -0.15) is 0 Å².